The monoisotopic (exact) mass is 347 g/mol. The van der Waals surface area contributed by atoms with E-state index in [1.54, 1.807) is 11.4 Å². The molecule has 0 aromatic heterocycles. The molecular weight excluding hydrogens is 326 g/mol. The third-order valence-corrected chi connectivity index (χ3v) is 5.74. The second kappa shape index (κ2) is 6.82. The first kappa shape index (κ1) is 16.8. The number of hydrogen-bond donors (Lipinski definition) is 3. The Balaban J connectivity index is 1.95. The Labute approximate surface area is 143 Å². The summed E-state index contributed by atoms with van der Waals surface area (Å²) in [4.78, 5) is 11.8. The first-order valence-electron chi connectivity index (χ1n) is 7.72. The molecule has 1 aliphatic rings. The van der Waals surface area contributed by atoms with E-state index in [4.69, 9.17) is 0 Å². The maximum Gasteiger partial charge on any atom is 0.148 e. The molecule has 0 saturated heterocycles. The number of fused-ring (bicyclic) bond motifs is 1. The number of benzene rings is 2. The Hall–Kier alpha value is -2.06. The van der Waals surface area contributed by atoms with Crippen molar-refractivity contribution in [3.8, 4) is 0 Å². The lowest BCUT2D eigenvalue weighted by Gasteiger charge is -2.43. The Bertz CT molecular complexity index is 724. The zero-order valence-electron chi connectivity index (χ0n) is 13.4. The van der Waals surface area contributed by atoms with Gasteiger partial charge in [0.2, 0.25) is 0 Å². The van der Waals surface area contributed by atoms with E-state index in [9.17, 15) is 13.9 Å². The Morgan fingerprint density at radius 2 is 1.67 bits per heavy atom. The largest absolute Gasteiger partial charge is 0.313 e. The summed E-state index contributed by atoms with van der Waals surface area (Å²) in [6, 6.07) is 16.7. The molecule has 0 aliphatic carbocycles. The molecule has 6 nitrogen and oxygen atoms in total. The number of nitrogens with zero attached hydrogens (tertiary/aromatic N) is 2. The SMILES string of the molecule is CNCC(=O)CCN1c2ccccc2N(c2ccccc2)S1(O)O. The maximum atomic E-state index is 11.8. The molecule has 1 aliphatic heterocycles. The summed E-state index contributed by atoms with van der Waals surface area (Å²) in [7, 11) is -1.54. The zero-order valence-corrected chi connectivity index (χ0v) is 14.2. The highest BCUT2D eigenvalue weighted by molar-refractivity contribution is 8.27. The predicted octanol–water partition coefficient (Wildman–Crippen LogP) is 3.40. The highest BCUT2D eigenvalue weighted by Gasteiger charge is 2.41. The van der Waals surface area contributed by atoms with Crippen LogP contribution in [0.3, 0.4) is 0 Å². The first-order chi connectivity index (χ1) is 11.6. The van der Waals surface area contributed by atoms with Gasteiger partial charge in [-0.2, -0.15) is 0 Å². The number of rotatable bonds is 6. The predicted molar refractivity (Wildman–Crippen MR) is 98.8 cm³/mol. The van der Waals surface area contributed by atoms with Crippen LogP contribution in [0.4, 0.5) is 17.1 Å². The van der Waals surface area contributed by atoms with E-state index >= 15 is 0 Å². The molecule has 0 radical (unpaired) electrons. The number of carbonyl (C=O) groups excluding carboxylic acids is 1. The minimum atomic E-state index is -3.26. The topological polar surface area (TPSA) is 76.0 Å². The van der Waals surface area contributed by atoms with Gasteiger partial charge in [-0.3, -0.25) is 18.2 Å². The van der Waals surface area contributed by atoms with Crippen LogP contribution >= 0.6 is 11.0 Å². The zero-order chi connectivity index (χ0) is 17.2. The summed E-state index contributed by atoms with van der Waals surface area (Å²) in [5.41, 5.74) is 2.15. The fourth-order valence-electron chi connectivity index (χ4n) is 2.81. The number of Topliss-reactive ketones (excluding diaryl/α,β-unsaturated/α-hetero) is 1. The van der Waals surface area contributed by atoms with E-state index < -0.39 is 11.0 Å². The van der Waals surface area contributed by atoms with Gasteiger partial charge >= 0.3 is 0 Å². The van der Waals surface area contributed by atoms with E-state index in [1.165, 1.54) is 4.31 Å². The molecule has 128 valence electrons. The molecule has 24 heavy (non-hydrogen) atoms. The average Bonchev–Trinajstić information content (AvgIpc) is 2.80. The van der Waals surface area contributed by atoms with Crippen molar-refractivity contribution in [2.24, 2.45) is 0 Å². The lowest BCUT2D eigenvalue weighted by Crippen LogP contribution is -2.33. The number of likely N-dealkylation sites (N-methyl/N-ethyl adjacent to an activating group) is 1. The van der Waals surface area contributed by atoms with Crippen molar-refractivity contribution in [2.45, 2.75) is 6.42 Å². The third kappa shape index (κ3) is 2.99. The van der Waals surface area contributed by atoms with E-state index in [2.05, 4.69) is 5.32 Å². The molecule has 2 aromatic carbocycles. The molecule has 7 heteroatoms. The number of carbonyl (C=O) groups is 1. The Morgan fingerprint density at radius 1 is 1.04 bits per heavy atom. The van der Waals surface area contributed by atoms with Crippen LogP contribution in [0.15, 0.2) is 54.6 Å². The van der Waals surface area contributed by atoms with Gasteiger partial charge < -0.3 is 5.32 Å². The van der Waals surface area contributed by atoms with Crippen molar-refractivity contribution in [3.05, 3.63) is 54.6 Å². The maximum absolute atomic E-state index is 11.8. The van der Waals surface area contributed by atoms with Crippen molar-refractivity contribution in [1.82, 2.24) is 5.32 Å². The number of anilines is 3. The smallest absolute Gasteiger partial charge is 0.148 e. The fraction of sp³-hybridized carbons (Fsp3) is 0.235. The molecule has 0 fully saturated rings. The van der Waals surface area contributed by atoms with Crippen LogP contribution in [-0.4, -0.2) is 35.0 Å². The summed E-state index contributed by atoms with van der Waals surface area (Å²) in [6.45, 7) is 0.528. The van der Waals surface area contributed by atoms with E-state index in [0.29, 0.717) is 5.69 Å². The van der Waals surface area contributed by atoms with Gasteiger partial charge in [-0.25, -0.2) is 4.31 Å². The third-order valence-electron chi connectivity index (χ3n) is 3.87. The number of ketones is 1. The van der Waals surface area contributed by atoms with Gasteiger partial charge in [0.1, 0.15) is 5.78 Å². The standard InChI is InChI=1S/C17H21N3O3S/c1-18-13-15(21)11-12-19-16-9-5-6-10-17(16)20(24(19,22)23)14-7-3-2-4-8-14/h2-10,18,22-23H,11-13H2,1H3. The second-order valence-corrected chi connectivity index (χ2v) is 7.32. The normalized spacial score (nSPS) is 16.8. The minimum Gasteiger partial charge on any atom is -0.313 e. The van der Waals surface area contributed by atoms with Crippen molar-refractivity contribution < 1.29 is 13.9 Å². The highest BCUT2D eigenvalue weighted by Crippen LogP contribution is 2.63. The first-order valence-corrected chi connectivity index (χ1v) is 9.18. The van der Waals surface area contributed by atoms with Gasteiger partial charge in [0, 0.05) is 13.0 Å². The van der Waals surface area contributed by atoms with Gasteiger partial charge in [0.15, 0.2) is 0 Å². The molecule has 0 saturated carbocycles. The Morgan fingerprint density at radius 3 is 2.33 bits per heavy atom. The lowest BCUT2D eigenvalue weighted by atomic mass is 10.2. The fourth-order valence-corrected chi connectivity index (χ4v) is 4.58. The molecule has 0 atom stereocenters. The summed E-state index contributed by atoms with van der Waals surface area (Å²) in [5, 5.41) is 2.82. The van der Waals surface area contributed by atoms with Crippen LogP contribution in [0.2, 0.25) is 0 Å². The van der Waals surface area contributed by atoms with Gasteiger partial charge in [0.25, 0.3) is 0 Å². The number of para-hydroxylation sites is 3. The molecule has 0 bridgehead atoms. The molecule has 1 heterocycles. The van der Waals surface area contributed by atoms with Crippen molar-refractivity contribution >= 4 is 33.8 Å². The molecule has 0 spiro atoms. The minimum absolute atomic E-state index is 0.0309. The van der Waals surface area contributed by atoms with Crippen LogP contribution < -0.4 is 13.9 Å². The van der Waals surface area contributed by atoms with Crippen LogP contribution in [0.25, 0.3) is 0 Å². The van der Waals surface area contributed by atoms with Crippen LogP contribution in [0.1, 0.15) is 6.42 Å². The van der Waals surface area contributed by atoms with Gasteiger partial charge in [-0.1, -0.05) is 30.3 Å². The highest BCUT2D eigenvalue weighted by atomic mass is 32.3. The lowest BCUT2D eigenvalue weighted by molar-refractivity contribution is -0.117. The second-order valence-electron chi connectivity index (χ2n) is 5.53. The van der Waals surface area contributed by atoms with Crippen molar-refractivity contribution in [2.75, 3.05) is 28.7 Å². The molecule has 3 rings (SSSR count). The molecule has 3 N–H and O–H groups in total. The summed E-state index contributed by atoms with van der Waals surface area (Å²) >= 11 is 0. The van der Waals surface area contributed by atoms with Crippen molar-refractivity contribution in [1.29, 1.82) is 0 Å². The Kier molecular flexibility index (Phi) is 4.77. The van der Waals surface area contributed by atoms with Crippen molar-refractivity contribution in [3.63, 3.8) is 0 Å². The van der Waals surface area contributed by atoms with E-state index in [-0.39, 0.29) is 25.3 Å². The summed E-state index contributed by atoms with van der Waals surface area (Å²) in [6.07, 6.45) is 0.244. The van der Waals surface area contributed by atoms with Crippen LogP contribution in [0, 0.1) is 0 Å². The average molecular weight is 347 g/mol. The molecule has 0 amide bonds. The van der Waals surface area contributed by atoms with E-state index in [0.717, 1.165) is 11.4 Å². The number of hydrogen-bond acceptors (Lipinski definition) is 6. The van der Waals surface area contributed by atoms with Crippen LogP contribution in [-0.2, 0) is 4.79 Å². The quantitative estimate of drug-likeness (QED) is 0.743. The van der Waals surface area contributed by atoms with Gasteiger partial charge in [-0.15, -0.1) is 0 Å². The molecule has 2 aromatic rings. The van der Waals surface area contributed by atoms with E-state index in [1.807, 2.05) is 54.6 Å². The number of nitrogens with one attached hydrogen (secondary N) is 1. The van der Waals surface area contributed by atoms with Gasteiger partial charge in [-0.05, 0) is 42.3 Å². The summed E-state index contributed by atoms with van der Waals surface area (Å²) < 4.78 is 24.9. The molecule has 0 unspecified atom stereocenters. The summed E-state index contributed by atoms with van der Waals surface area (Å²) in [5.74, 6) is 0.0309. The molecular formula is C17H21N3O3S. The van der Waals surface area contributed by atoms with Gasteiger partial charge in [0.05, 0.1) is 23.6 Å². The van der Waals surface area contributed by atoms with Crippen LogP contribution in [0.5, 0.6) is 0 Å².